The first-order valence-electron chi connectivity index (χ1n) is 6.26. The van der Waals surface area contributed by atoms with Crippen LogP contribution in [0, 0.1) is 10.1 Å². The molecule has 2 aromatic carbocycles. The van der Waals surface area contributed by atoms with E-state index in [1.54, 1.807) is 17.0 Å². The quantitative estimate of drug-likeness (QED) is 0.500. The molecule has 0 bridgehead atoms. The van der Waals surface area contributed by atoms with Crippen LogP contribution in [-0.4, -0.2) is 17.4 Å². The number of anilines is 4. The van der Waals surface area contributed by atoms with Crippen LogP contribution >= 0.6 is 0 Å². The first-order valence-corrected chi connectivity index (χ1v) is 6.26. The number of nitrogens with one attached hydrogen (secondary N) is 1. The SMILES string of the molecule is Nc1cc([N+](=O)[O-])ccc1N1CC(=O)Nc2ccccc21. The van der Waals surface area contributed by atoms with Crippen molar-refractivity contribution in [2.45, 2.75) is 0 Å². The minimum absolute atomic E-state index is 0.0778. The highest BCUT2D eigenvalue weighted by Crippen LogP contribution is 2.38. The van der Waals surface area contributed by atoms with Gasteiger partial charge in [-0.1, -0.05) is 12.1 Å². The van der Waals surface area contributed by atoms with Gasteiger partial charge in [0.15, 0.2) is 0 Å². The van der Waals surface area contributed by atoms with Crippen molar-refractivity contribution >= 4 is 34.3 Å². The molecule has 0 saturated heterocycles. The van der Waals surface area contributed by atoms with Gasteiger partial charge in [0.25, 0.3) is 5.69 Å². The Morgan fingerprint density at radius 3 is 2.67 bits per heavy atom. The second kappa shape index (κ2) is 4.78. The molecule has 7 heteroatoms. The molecule has 0 atom stereocenters. The lowest BCUT2D eigenvalue weighted by Crippen LogP contribution is -2.35. The van der Waals surface area contributed by atoms with E-state index >= 15 is 0 Å². The molecule has 0 spiro atoms. The highest BCUT2D eigenvalue weighted by Gasteiger charge is 2.24. The summed E-state index contributed by atoms with van der Waals surface area (Å²) in [6, 6.07) is 11.6. The van der Waals surface area contributed by atoms with E-state index in [0.717, 1.165) is 5.69 Å². The number of carbonyl (C=O) groups is 1. The Morgan fingerprint density at radius 1 is 1.19 bits per heavy atom. The van der Waals surface area contributed by atoms with Gasteiger partial charge in [-0.25, -0.2) is 0 Å². The fraction of sp³-hybridized carbons (Fsp3) is 0.0714. The molecule has 0 unspecified atom stereocenters. The predicted octanol–water partition coefficient (Wildman–Crippen LogP) is 2.27. The first-order chi connectivity index (χ1) is 10.1. The van der Waals surface area contributed by atoms with E-state index in [9.17, 15) is 14.9 Å². The largest absolute Gasteiger partial charge is 0.397 e. The number of amides is 1. The summed E-state index contributed by atoms with van der Waals surface area (Å²) >= 11 is 0. The molecule has 1 amide bonds. The third-order valence-electron chi connectivity index (χ3n) is 3.28. The van der Waals surface area contributed by atoms with Crippen molar-refractivity contribution in [2.24, 2.45) is 0 Å². The number of nitro benzene ring substituents is 1. The van der Waals surface area contributed by atoms with Gasteiger partial charge in [-0.05, 0) is 18.2 Å². The maximum absolute atomic E-state index is 11.8. The number of rotatable bonds is 2. The lowest BCUT2D eigenvalue weighted by Gasteiger charge is -2.31. The Labute approximate surface area is 120 Å². The van der Waals surface area contributed by atoms with E-state index in [0.29, 0.717) is 11.4 Å². The average Bonchev–Trinajstić information content (AvgIpc) is 2.46. The van der Waals surface area contributed by atoms with Gasteiger partial charge >= 0.3 is 0 Å². The number of hydrogen-bond donors (Lipinski definition) is 2. The van der Waals surface area contributed by atoms with E-state index in [4.69, 9.17) is 5.73 Å². The minimum Gasteiger partial charge on any atom is -0.397 e. The van der Waals surface area contributed by atoms with E-state index < -0.39 is 4.92 Å². The van der Waals surface area contributed by atoms with Gasteiger partial charge in [-0.15, -0.1) is 0 Å². The Kier molecular flexibility index (Phi) is 2.94. The van der Waals surface area contributed by atoms with Crippen molar-refractivity contribution in [1.82, 2.24) is 0 Å². The minimum atomic E-state index is -0.503. The maximum Gasteiger partial charge on any atom is 0.271 e. The summed E-state index contributed by atoms with van der Waals surface area (Å²) in [4.78, 5) is 23.8. The second-order valence-corrected chi connectivity index (χ2v) is 4.65. The van der Waals surface area contributed by atoms with Gasteiger partial charge in [-0.2, -0.15) is 0 Å². The number of nitrogens with zero attached hydrogens (tertiary/aromatic N) is 2. The maximum atomic E-state index is 11.8. The number of hydrogen-bond acceptors (Lipinski definition) is 5. The summed E-state index contributed by atoms with van der Waals surface area (Å²) in [7, 11) is 0. The van der Waals surface area contributed by atoms with E-state index in [1.165, 1.54) is 12.1 Å². The number of carbonyl (C=O) groups excluding carboxylic acids is 1. The molecular formula is C14H12N4O3. The fourth-order valence-corrected chi connectivity index (χ4v) is 2.35. The van der Waals surface area contributed by atoms with Crippen LogP contribution in [-0.2, 0) is 4.79 Å². The molecule has 3 rings (SSSR count). The normalized spacial score (nSPS) is 13.5. The third-order valence-corrected chi connectivity index (χ3v) is 3.28. The zero-order chi connectivity index (χ0) is 15.0. The number of nitrogens with two attached hydrogens (primary N) is 1. The molecule has 3 N–H and O–H groups in total. The van der Waals surface area contributed by atoms with Crippen LogP contribution in [0.15, 0.2) is 42.5 Å². The Balaban J connectivity index is 2.09. The summed E-state index contributed by atoms with van der Waals surface area (Å²) in [6.45, 7) is 0.110. The number of nitrogen functional groups attached to an aromatic ring is 1. The molecule has 21 heavy (non-hydrogen) atoms. The van der Waals surface area contributed by atoms with Gasteiger partial charge in [0, 0.05) is 12.1 Å². The highest BCUT2D eigenvalue weighted by molar-refractivity contribution is 6.04. The zero-order valence-electron chi connectivity index (χ0n) is 10.9. The van der Waals surface area contributed by atoms with Crippen LogP contribution in [0.2, 0.25) is 0 Å². The molecule has 1 aliphatic rings. The van der Waals surface area contributed by atoms with E-state index in [1.807, 2.05) is 18.2 Å². The average molecular weight is 284 g/mol. The molecule has 0 saturated carbocycles. The number of nitro groups is 1. The predicted molar refractivity (Wildman–Crippen MR) is 79.6 cm³/mol. The lowest BCUT2D eigenvalue weighted by molar-refractivity contribution is -0.384. The molecule has 0 aromatic heterocycles. The van der Waals surface area contributed by atoms with Gasteiger partial charge < -0.3 is 16.0 Å². The van der Waals surface area contributed by atoms with Crippen molar-refractivity contribution in [1.29, 1.82) is 0 Å². The summed E-state index contributed by atoms with van der Waals surface area (Å²) in [5.41, 5.74) is 8.16. The third kappa shape index (κ3) is 2.25. The van der Waals surface area contributed by atoms with Crippen molar-refractivity contribution in [3.63, 3.8) is 0 Å². The molecule has 1 aliphatic heterocycles. The summed E-state index contributed by atoms with van der Waals surface area (Å²) in [5, 5.41) is 13.5. The van der Waals surface area contributed by atoms with E-state index in [-0.39, 0.29) is 23.8 Å². The highest BCUT2D eigenvalue weighted by atomic mass is 16.6. The monoisotopic (exact) mass is 284 g/mol. The number of para-hydroxylation sites is 2. The molecule has 0 aliphatic carbocycles. The summed E-state index contributed by atoms with van der Waals surface area (Å²) < 4.78 is 0. The molecular weight excluding hydrogens is 272 g/mol. The molecule has 0 radical (unpaired) electrons. The van der Waals surface area contributed by atoms with Gasteiger partial charge in [-0.3, -0.25) is 14.9 Å². The second-order valence-electron chi connectivity index (χ2n) is 4.65. The molecule has 0 fully saturated rings. The molecule has 2 aromatic rings. The smallest absolute Gasteiger partial charge is 0.271 e. The van der Waals surface area contributed by atoms with Gasteiger partial charge in [0.2, 0.25) is 5.91 Å². The van der Waals surface area contributed by atoms with Crippen LogP contribution in [0.4, 0.5) is 28.4 Å². The van der Waals surface area contributed by atoms with Crippen LogP contribution in [0.3, 0.4) is 0 Å². The lowest BCUT2D eigenvalue weighted by atomic mass is 10.1. The van der Waals surface area contributed by atoms with Crippen molar-refractivity contribution in [3.05, 3.63) is 52.6 Å². The standard InChI is InChI=1S/C14H12N4O3/c15-10-7-9(18(20)21)5-6-12(10)17-8-14(19)16-11-3-1-2-4-13(11)17/h1-7H,8,15H2,(H,16,19). The first kappa shape index (κ1) is 12.9. The zero-order valence-corrected chi connectivity index (χ0v) is 10.9. The number of benzene rings is 2. The molecule has 106 valence electrons. The van der Waals surface area contributed by atoms with E-state index in [2.05, 4.69) is 5.32 Å². The van der Waals surface area contributed by atoms with Crippen molar-refractivity contribution < 1.29 is 9.72 Å². The topological polar surface area (TPSA) is 102 Å². The number of fused-ring (bicyclic) bond motifs is 1. The van der Waals surface area contributed by atoms with Crippen LogP contribution in [0.5, 0.6) is 0 Å². The summed E-state index contributed by atoms with van der Waals surface area (Å²) in [6.07, 6.45) is 0. The molecule has 1 heterocycles. The molecule has 7 nitrogen and oxygen atoms in total. The summed E-state index contributed by atoms with van der Waals surface area (Å²) in [5.74, 6) is -0.161. The Morgan fingerprint density at radius 2 is 1.95 bits per heavy atom. The van der Waals surface area contributed by atoms with Crippen LogP contribution in [0.25, 0.3) is 0 Å². The Bertz CT molecular complexity index is 745. The van der Waals surface area contributed by atoms with Gasteiger partial charge in [0.1, 0.15) is 6.54 Å². The fourth-order valence-electron chi connectivity index (χ4n) is 2.35. The van der Waals surface area contributed by atoms with Crippen LogP contribution in [0.1, 0.15) is 0 Å². The Hall–Kier alpha value is -3.09. The van der Waals surface area contributed by atoms with Crippen molar-refractivity contribution in [3.8, 4) is 0 Å². The van der Waals surface area contributed by atoms with Crippen LogP contribution < -0.4 is 16.0 Å². The van der Waals surface area contributed by atoms with Crippen molar-refractivity contribution in [2.75, 3.05) is 22.5 Å². The number of non-ortho nitro benzene ring substituents is 1. The van der Waals surface area contributed by atoms with Gasteiger partial charge in [0.05, 0.1) is 27.7 Å².